The molecule has 1 aliphatic rings. The molecular formula is C7H16N2. The Kier molecular flexibility index (Phi) is 2.09. The van der Waals surface area contributed by atoms with Crippen molar-refractivity contribution in [3.8, 4) is 0 Å². The van der Waals surface area contributed by atoms with Crippen molar-refractivity contribution in [3.05, 3.63) is 0 Å². The van der Waals surface area contributed by atoms with Gasteiger partial charge in [0.2, 0.25) is 0 Å². The molecule has 1 saturated carbocycles. The fourth-order valence-electron chi connectivity index (χ4n) is 0.890. The molecule has 2 heteroatoms. The highest BCUT2D eigenvalue weighted by molar-refractivity contribution is 4.97. The van der Waals surface area contributed by atoms with Crippen molar-refractivity contribution in [3.63, 3.8) is 0 Å². The van der Waals surface area contributed by atoms with Crippen LogP contribution < -0.4 is 11.1 Å². The molecule has 0 aromatic carbocycles. The quantitative estimate of drug-likeness (QED) is 0.580. The predicted molar refractivity (Wildman–Crippen MR) is 39.3 cm³/mol. The highest BCUT2D eigenvalue weighted by Crippen LogP contribution is 2.18. The second-order valence-corrected chi connectivity index (χ2v) is 2.98. The van der Waals surface area contributed by atoms with Gasteiger partial charge >= 0.3 is 0 Å². The molecule has 3 unspecified atom stereocenters. The van der Waals surface area contributed by atoms with Crippen molar-refractivity contribution in [2.75, 3.05) is 0 Å². The lowest BCUT2D eigenvalue weighted by Crippen LogP contribution is -2.30. The van der Waals surface area contributed by atoms with Crippen molar-refractivity contribution >= 4 is 0 Å². The zero-order valence-corrected chi connectivity index (χ0v) is 6.22. The van der Waals surface area contributed by atoms with Crippen LogP contribution in [0.1, 0.15) is 26.7 Å². The van der Waals surface area contributed by atoms with E-state index in [1.807, 2.05) is 0 Å². The van der Waals surface area contributed by atoms with E-state index in [4.69, 9.17) is 5.73 Å². The number of nitrogens with one attached hydrogen (secondary N) is 1. The van der Waals surface area contributed by atoms with Gasteiger partial charge < -0.3 is 11.1 Å². The molecule has 0 heterocycles. The molecular weight excluding hydrogens is 112 g/mol. The first-order valence-electron chi connectivity index (χ1n) is 3.75. The Bertz CT molecular complexity index is 90.9. The van der Waals surface area contributed by atoms with E-state index >= 15 is 0 Å². The highest BCUT2D eigenvalue weighted by Gasteiger charge is 2.33. The highest BCUT2D eigenvalue weighted by atomic mass is 15.0. The maximum atomic E-state index is 5.61. The van der Waals surface area contributed by atoms with Gasteiger partial charge in [-0.05, 0) is 19.8 Å². The smallest absolute Gasteiger partial charge is 0.0237 e. The van der Waals surface area contributed by atoms with E-state index in [2.05, 4.69) is 19.2 Å². The summed E-state index contributed by atoms with van der Waals surface area (Å²) in [6.45, 7) is 4.39. The summed E-state index contributed by atoms with van der Waals surface area (Å²) in [5.74, 6) is 0. The molecule has 0 amide bonds. The van der Waals surface area contributed by atoms with Crippen molar-refractivity contribution in [1.29, 1.82) is 0 Å². The first-order valence-corrected chi connectivity index (χ1v) is 3.75. The number of nitrogens with two attached hydrogens (primary N) is 1. The van der Waals surface area contributed by atoms with Crippen LogP contribution in [0, 0.1) is 0 Å². The Morgan fingerprint density at radius 1 is 1.78 bits per heavy atom. The van der Waals surface area contributed by atoms with Gasteiger partial charge in [0.15, 0.2) is 0 Å². The van der Waals surface area contributed by atoms with Crippen LogP contribution in [0.15, 0.2) is 0 Å². The molecule has 0 spiro atoms. The van der Waals surface area contributed by atoms with Gasteiger partial charge in [0.1, 0.15) is 0 Å². The molecule has 0 aromatic rings. The molecule has 1 aliphatic carbocycles. The van der Waals surface area contributed by atoms with Gasteiger partial charge in [-0.2, -0.15) is 0 Å². The van der Waals surface area contributed by atoms with Gasteiger partial charge in [-0.3, -0.25) is 0 Å². The molecule has 0 aromatic heterocycles. The Labute approximate surface area is 56.8 Å². The van der Waals surface area contributed by atoms with Gasteiger partial charge in [0.25, 0.3) is 0 Å². The SMILES string of the molecule is CCC(C)NC1CC1N. The summed E-state index contributed by atoms with van der Waals surface area (Å²) in [6, 6.07) is 1.71. The van der Waals surface area contributed by atoms with E-state index in [-0.39, 0.29) is 0 Å². The summed E-state index contributed by atoms with van der Waals surface area (Å²) >= 11 is 0. The largest absolute Gasteiger partial charge is 0.326 e. The molecule has 3 atom stereocenters. The van der Waals surface area contributed by atoms with E-state index in [0.29, 0.717) is 18.1 Å². The molecule has 3 N–H and O–H groups in total. The van der Waals surface area contributed by atoms with Gasteiger partial charge in [-0.1, -0.05) is 6.92 Å². The van der Waals surface area contributed by atoms with Crippen LogP contribution in [0.2, 0.25) is 0 Å². The van der Waals surface area contributed by atoms with E-state index in [9.17, 15) is 0 Å². The fraction of sp³-hybridized carbons (Fsp3) is 1.00. The second-order valence-electron chi connectivity index (χ2n) is 2.98. The van der Waals surface area contributed by atoms with Gasteiger partial charge in [-0.15, -0.1) is 0 Å². The van der Waals surface area contributed by atoms with E-state index in [0.717, 1.165) is 0 Å². The molecule has 9 heavy (non-hydrogen) atoms. The summed E-state index contributed by atoms with van der Waals surface area (Å²) < 4.78 is 0. The maximum absolute atomic E-state index is 5.61. The van der Waals surface area contributed by atoms with E-state index < -0.39 is 0 Å². The number of hydrogen-bond acceptors (Lipinski definition) is 2. The minimum absolute atomic E-state index is 0.444. The van der Waals surface area contributed by atoms with Gasteiger partial charge in [0.05, 0.1) is 0 Å². The molecule has 54 valence electrons. The zero-order chi connectivity index (χ0) is 6.85. The Morgan fingerprint density at radius 3 is 2.67 bits per heavy atom. The van der Waals surface area contributed by atoms with Crippen LogP contribution >= 0.6 is 0 Å². The van der Waals surface area contributed by atoms with Crippen LogP contribution in [0.25, 0.3) is 0 Å². The average molecular weight is 128 g/mol. The molecule has 0 bridgehead atoms. The van der Waals surface area contributed by atoms with Crippen molar-refractivity contribution in [2.24, 2.45) is 5.73 Å². The first-order chi connectivity index (χ1) is 4.24. The molecule has 1 fully saturated rings. The third-order valence-corrected chi connectivity index (χ3v) is 1.95. The summed E-state index contributed by atoms with van der Waals surface area (Å²) in [4.78, 5) is 0. The topological polar surface area (TPSA) is 38.0 Å². The lowest BCUT2D eigenvalue weighted by atomic mass is 10.2. The third kappa shape index (κ3) is 1.95. The molecule has 2 nitrogen and oxygen atoms in total. The molecule has 1 rings (SSSR count). The van der Waals surface area contributed by atoms with E-state index in [1.54, 1.807) is 0 Å². The predicted octanol–water partition coefficient (Wildman–Crippen LogP) is 0.474. The van der Waals surface area contributed by atoms with E-state index in [1.165, 1.54) is 12.8 Å². The normalized spacial score (nSPS) is 36.3. The average Bonchev–Trinajstić information content (AvgIpc) is 2.47. The Morgan fingerprint density at radius 2 is 2.33 bits per heavy atom. The summed E-state index contributed by atoms with van der Waals surface area (Å²) in [6.07, 6.45) is 2.37. The van der Waals surface area contributed by atoms with Crippen molar-refractivity contribution < 1.29 is 0 Å². The fourth-order valence-corrected chi connectivity index (χ4v) is 0.890. The van der Waals surface area contributed by atoms with Crippen molar-refractivity contribution in [2.45, 2.75) is 44.8 Å². The summed E-state index contributed by atoms with van der Waals surface area (Å²) in [5, 5.41) is 3.43. The van der Waals surface area contributed by atoms with Gasteiger partial charge in [0, 0.05) is 18.1 Å². The summed E-state index contributed by atoms with van der Waals surface area (Å²) in [7, 11) is 0. The van der Waals surface area contributed by atoms with Crippen LogP contribution in [0.4, 0.5) is 0 Å². The number of rotatable bonds is 3. The van der Waals surface area contributed by atoms with Crippen molar-refractivity contribution in [1.82, 2.24) is 5.32 Å². The maximum Gasteiger partial charge on any atom is 0.0237 e. The third-order valence-electron chi connectivity index (χ3n) is 1.95. The van der Waals surface area contributed by atoms with Crippen LogP contribution in [0.3, 0.4) is 0 Å². The first kappa shape index (κ1) is 7.03. The lowest BCUT2D eigenvalue weighted by molar-refractivity contribution is 0.524. The molecule has 0 aliphatic heterocycles. The second kappa shape index (κ2) is 2.67. The molecule has 0 saturated heterocycles. The van der Waals surface area contributed by atoms with Crippen LogP contribution in [-0.4, -0.2) is 18.1 Å². The number of hydrogen-bond donors (Lipinski definition) is 2. The van der Waals surface area contributed by atoms with Gasteiger partial charge in [-0.25, -0.2) is 0 Å². The lowest BCUT2D eigenvalue weighted by Gasteiger charge is -2.09. The van der Waals surface area contributed by atoms with Crippen LogP contribution in [0.5, 0.6) is 0 Å². The Hall–Kier alpha value is -0.0800. The Balaban J connectivity index is 2.05. The summed E-state index contributed by atoms with van der Waals surface area (Å²) in [5.41, 5.74) is 5.61. The zero-order valence-electron chi connectivity index (χ0n) is 6.22. The molecule has 0 radical (unpaired) electrons. The van der Waals surface area contributed by atoms with Crippen LogP contribution in [-0.2, 0) is 0 Å². The standard InChI is InChI=1S/C7H16N2/c1-3-5(2)9-7-4-6(7)8/h5-7,9H,3-4,8H2,1-2H3. The minimum atomic E-state index is 0.444. The monoisotopic (exact) mass is 128 g/mol. The minimum Gasteiger partial charge on any atom is -0.326 e.